The molecule has 0 amide bonds. The van der Waals surface area contributed by atoms with Crippen molar-refractivity contribution in [1.29, 1.82) is 0 Å². The van der Waals surface area contributed by atoms with Crippen LogP contribution in [0.5, 0.6) is 0 Å². The molecule has 0 bridgehead atoms. The Morgan fingerprint density at radius 2 is 1.52 bits per heavy atom. The monoisotopic (exact) mass is 360 g/mol. The third-order valence-electron chi connectivity index (χ3n) is 2.99. The molecule has 134 valence electrons. The molecule has 0 N–H and O–H groups in total. The van der Waals surface area contributed by atoms with Crippen LogP contribution in [0.3, 0.4) is 0 Å². The Kier molecular flexibility index (Phi) is 6.97. The highest BCUT2D eigenvalue weighted by Gasteiger charge is 2.31. The fourth-order valence-corrected chi connectivity index (χ4v) is 1.68. The van der Waals surface area contributed by atoms with Gasteiger partial charge in [0.05, 0.1) is 11.1 Å². The van der Waals surface area contributed by atoms with E-state index in [-0.39, 0.29) is 5.56 Å². The van der Waals surface area contributed by atoms with Crippen LogP contribution in [0.1, 0.15) is 18.1 Å². The number of benzene rings is 1. The van der Waals surface area contributed by atoms with Gasteiger partial charge in [0.2, 0.25) is 0 Å². The van der Waals surface area contributed by atoms with E-state index in [1.807, 2.05) is 0 Å². The quantitative estimate of drug-likeness (QED) is 0.276. The minimum absolute atomic E-state index is 0.198. The minimum atomic E-state index is -4.63. The second kappa shape index (κ2) is 8.50. The van der Waals surface area contributed by atoms with Crippen molar-refractivity contribution in [3.63, 3.8) is 0 Å². The van der Waals surface area contributed by atoms with E-state index in [0.717, 1.165) is 48.6 Å². The SMILES string of the molecule is CC(/C=C/C=C(/C=C/c1ccc(C(F)(F)F)cc1)C(F)(F)F)=C\C=O. The average Bonchev–Trinajstić information content (AvgIpc) is 2.49. The first-order valence-electron chi connectivity index (χ1n) is 6.97. The van der Waals surface area contributed by atoms with Gasteiger partial charge in [-0.15, -0.1) is 0 Å². The van der Waals surface area contributed by atoms with Crippen molar-refractivity contribution in [3.05, 3.63) is 76.9 Å². The van der Waals surface area contributed by atoms with Crippen molar-refractivity contribution in [2.75, 3.05) is 0 Å². The number of carbonyl (C=O) groups is 1. The third kappa shape index (κ3) is 7.24. The molecular formula is C18H14F6O. The van der Waals surface area contributed by atoms with Crippen molar-refractivity contribution in [2.24, 2.45) is 0 Å². The highest BCUT2D eigenvalue weighted by molar-refractivity contribution is 5.67. The molecule has 0 aliphatic carbocycles. The van der Waals surface area contributed by atoms with Crippen LogP contribution >= 0.6 is 0 Å². The van der Waals surface area contributed by atoms with Gasteiger partial charge >= 0.3 is 12.4 Å². The molecule has 7 heteroatoms. The van der Waals surface area contributed by atoms with Crippen molar-refractivity contribution in [1.82, 2.24) is 0 Å². The van der Waals surface area contributed by atoms with Gasteiger partial charge in [-0.3, -0.25) is 4.79 Å². The zero-order valence-electron chi connectivity index (χ0n) is 13.0. The summed E-state index contributed by atoms with van der Waals surface area (Å²) in [6, 6.07) is 3.76. The first kappa shape index (κ1) is 20.5. The molecule has 0 fully saturated rings. The van der Waals surface area contributed by atoms with Crippen LogP contribution in [-0.4, -0.2) is 12.5 Å². The Labute approximate surface area is 140 Å². The molecule has 1 nitrogen and oxygen atoms in total. The first-order chi connectivity index (χ1) is 11.5. The number of aldehydes is 1. The van der Waals surface area contributed by atoms with Gasteiger partial charge in [0.1, 0.15) is 6.29 Å². The zero-order valence-corrected chi connectivity index (χ0v) is 13.0. The number of halogens is 6. The summed E-state index contributed by atoms with van der Waals surface area (Å²) >= 11 is 0. The van der Waals surface area contributed by atoms with E-state index < -0.39 is 23.5 Å². The molecule has 0 unspecified atom stereocenters. The lowest BCUT2D eigenvalue weighted by Crippen LogP contribution is -2.09. The van der Waals surface area contributed by atoms with Crippen LogP contribution in [0.4, 0.5) is 26.3 Å². The maximum atomic E-state index is 12.9. The van der Waals surface area contributed by atoms with E-state index in [0.29, 0.717) is 11.9 Å². The Bertz CT molecular complexity index is 701. The molecule has 1 aromatic carbocycles. The molecule has 0 radical (unpaired) electrons. The first-order valence-corrected chi connectivity index (χ1v) is 6.97. The summed E-state index contributed by atoms with van der Waals surface area (Å²) in [5.41, 5.74) is -1.19. The van der Waals surface area contributed by atoms with Crippen LogP contribution in [0.25, 0.3) is 6.08 Å². The predicted molar refractivity (Wildman–Crippen MR) is 83.6 cm³/mol. The van der Waals surface area contributed by atoms with Gasteiger partial charge in [0, 0.05) is 0 Å². The van der Waals surface area contributed by atoms with E-state index in [9.17, 15) is 31.1 Å². The van der Waals surface area contributed by atoms with Gasteiger partial charge in [0.15, 0.2) is 0 Å². The van der Waals surface area contributed by atoms with Crippen molar-refractivity contribution in [3.8, 4) is 0 Å². The van der Waals surface area contributed by atoms with Crippen molar-refractivity contribution >= 4 is 12.4 Å². The summed E-state index contributed by atoms with van der Waals surface area (Å²) in [7, 11) is 0. The molecule has 1 aromatic rings. The number of rotatable bonds is 5. The molecule has 0 aliphatic heterocycles. The topological polar surface area (TPSA) is 17.1 Å². The van der Waals surface area contributed by atoms with Crippen LogP contribution in [0, 0.1) is 0 Å². The highest BCUT2D eigenvalue weighted by atomic mass is 19.4. The summed E-state index contributed by atoms with van der Waals surface area (Å²) < 4.78 is 76.1. The fourth-order valence-electron chi connectivity index (χ4n) is 1.68. The lowest BCUT2D eigenvalue weighted by Gasteiger charge is -2.07. The van der Waals surface area contributed by atoms with E-state index >= 15 is 0 Å². The van der Waals surface area contributed by atoms with Gasteiger partial charge < -0.3 is 0 Å². The lowest BCUT2D eigenvalue weighted by molar-refractivity contribution is -0.137. The molecular weight excluding hydrogens is 346 g/mol. The van der Waals surface area contributed by atoms with Gasteiger partial charge in [-0.1, -0.05) is 36.4 Å². The largest absolute Gasteiger partial charge is 0.416 e. The molecule has 0 saturated heterocycles. The van der Waals surface area contributed by atoms with E-state index in [1.165, 1.54) is 12.2 Å². The third-order valence-corrected chi connectivity index (χ3v) is 2.99. The second-order valence-electron chi connectivity index (χ2n) is 4.98. The maximum Gasteiger partial charge on any atom is 0.416 e. The van der Waals surface area contributed by atoms with Gasteiger partial charge in [-0.25, -0.2) is 0 Å². The number of allylic oxidation sites excluding steroid dienone is 7. The highest BCUT2D eigenvalue weighted by Crippen LogP contribution is 2.30. The summed E-state index contributed by atoms with van der Waals surface area (Å²) in [5.74, 6) is 0. The number of hydrogen-bond donors (Lipinski definition) is 0. The molecule has 25 heavy (non-hydrogen) atoms. The maximum absolute atomic E-state index is 12.9. The van der Waals surface area contributed by atoms with Crippen molar-refractivity contribution in [2.45, 2.75) is 19.3 Å². The zero-order chi connectivity index (χ0) is 19.1. The lowest BCUT2D eigenvalue weighted by atomic mass is 10.1. The standard InChI is InChI=1S/C18H14F6O/c1-13(11-12-25)3-2-4-15(17(19,20)21)8-5-14-6-9-16(10-7-14)18(22,23)24/h2-12H,1H3/b3-2+,8-5+,13-11+,15-4-. The molecule has 0 spiro atoms. The van der Waals surface area contributed by atoms with E-state index in [4.69, 9.17) is 0 Å². The smallest absolute Gasteiger partial charge is 0.299 e. The summed E-state index contributed by atoms with van der Waals surface area (Å²) in [5, 5.41) is 0. The van der Waals surface area contributed by atoms with Crippen LogP contribution in [0.15, 0.2) is 65.8 Å². The molecule has 0 aliphatic rings. The second-order valence-corrected chi connectivity index (χ2v) is 4.98. The average molecular weight is 360 g/mol. The molecule has 0 atom stereocenters. The van der Waals surface area contributed by atoms with Gasteiger partial charge in [-0.2, -0.15) is 26.3 Å². The number of carbonyl (C=O) groups excluding carboxylic acids is 1. The molecule has 0 heterocycles. The fraction of sp³-hybridized carbons (Fsp3) is 0.167. The van der Waals surface area contributed by atoms with Gasteiger partial charge in [-0.05, 0) is 42.3 Å². The Hall–Kier alpha value is -2.57. The molecule has 0 aromatic heterocycles. The van der Waals surface area contributed by atoms with Crippen LogP contribution in [-0.2, 0) is 11.0 Å². The van der Waals surface area contributed by atoms with Gasteiger partial charge in [0.25, 0.3) is 0 Å². The number of alkyl halides is 6. The summed E-state index contributed by atoms with van der Waals surface area (Å²) in [6.07, 6.45) is -2.32. The van der Waals surface area contributed by atoms with Crippen molar-refractivity contribution < 1.29 is 31.1 Å². The summed E-state index contributed by atoms with van der Waals surface area (Å²) in [6.45, 7) is 1.55. The summed E-state index contributed by atoms with van der Waals surface area (Å²) in [4.78, 5) is 10.2. The van der Waals surface area contributed by atoms with E-state index in [2.05, 4.69) is 0 Å². The van der Waals surface area contributed by atoms with Crippen LogP contribution in [0.2, 0.25) is 0 Å². The molecule has 0 saturated carbocycles. The Morgan fingerprint density at radius 3 is 2.00 bits per heavy atom. The Balaban J connectivity index is 3.01. The predicted octanol–water partition coefficient (Wildman–Crippen LogP) is 5.91. The number of hydrogen-bond acceptors (Lipinski definition) is 1. The molecule has 1 rings (SSSR count). The van der Waals surface area contributed by atoms with E-state index in [1.54, 1.807) is 6.92 Å². The Morgan fingerprint density at radius 1 is 0.920 bits per heavy atom. The normalized spacial score (nSPS) is 14.5. The minimum Gasteiger partial charge on any atom is -0.299 e. The van der Waals surface area contributed by atoms with Crippen LogP contribution < -0.4 is 0 Å².